The molecule has 1 heterocycles. The molecule has 6 nitrogen and oxygen atoms in total. The Hall–Kier alpha value is -3.00. The van der Waals surface area contributed by atoms with E-state index >= 15 is 0 Å². The molecular weight excluding hydrogens is 380 g/mol. The molecule has 9 heteroatoms. The van der Waals surface area contributed by atoms with Crippen LogP contribution < -0.4 is 10.9 Å². The van der Waals surface area contributed by atoms with E-state index in [1.165, 1.54) is 19.1 Å². The van der Waals surface area contributed by atoms with Crippen LogP contribution >= 0.6 is 11.6 Å². The lowest BCUT2D eigenvalue weighted by molar-refractivity contribution is 0.194. The molecule has 27 heavy (non-hydrogen) atoms. The van der Waals surface area contributed by atoms with Crippen LogP contribution in [0.1, 0.15) is 11.4 Å². The maximum absolute atomic E-state index is 14.1. The largest absolute Gasteiger partial charge is 0.465 e. The number of rotatable bonds is 4. The maximum Gasteiger partial charge on any atom is 0.404 e. The number of fused-ring (bicyclic) bond motifs is 1. The van der Waals surface area contributed by atoms with Crippen molar-refractivity contribution < 1.29 is 18.7 Å². The molecule has 0 radical (unpaired) electrons. The summed E-state index contributed by atoms with van der Waals surface area (Å²) in [7, 11) is 0. The molecule has 0 spiro atoms. The number of benzene rings is 2. The first-order valence-electron chi connectivity index (χ1n) is 7.93. The third kappa shape index (κ3) is 3.48. The van der Waals surface area contributed by atoms with Crippen molar-refractivity contribution in [3.8, 4) is 5.69 Å². The van der Waals surface area contributed by atoms with Crippen LogP contribution in [-0.2, 0) is 6.42 Å². The van der Waals surface area contributed by atoms with Crippen LogP contribution in [0.3, 0.4) is 0 Å². The lowest BCUT2D eigenvalue weighted by atomic mass is 10.1. The quantitative estimate of drug-likeness (QED) is 0.711. The Kier molecular flexibility index (Phi) is 5.09. The number of carbonyl (C=O) groups is 1. The first kappa shape index (κ1) is 18.8. The molecule has 0 atom stereocenters. The zero-order chi connectivity index (χ0) is 19.7. The fourth-order valence-electron chi connectivity index (χ4n) is 2.82. The van der Waals surface area contributed by atoms with Gasteiger partial charge in [0.05, 0.1) is 21.6 Å². The molecular formula is C18H14ClF2N3O3. The van der Waals surface area contributed by atoms with Gasteiger partial charge in [0.15, 0.2) is 11.6 Å². The highest BCUT2D eigenvalue weighted by Crippen LogP contribution is 2.23. The highest BCUT2D eigenvalue weighted by atomic mass is 35.5. The molecule has 2 N–H and O–H groups in total. The van der Waals surface area contributed by atoms with Gasteiger partial charge in [-0.05, 0) is 31.2 Å². The van der Waals surface area contributed by atoms with E-state index in [2.05, 4.69) is 10.3 Å². The molecule has 0 aliphatic carbocycles. The van der Waals surface area contributed by atoms with Crippen LogP contribution in [0.25, 0.3) is 16.6 Å². The molecule has 0 aliphatic heterocycles. The highest BCUT2D eigenvalue weighted by molar-refractivity contribution is 6.35. The van der Waals surface area contributed by atoms with Crippen molar-refractivity contribution in [2.75, 3.05) is 6.54 Å². The van der Waals surface area contributed by atoms with Crippen LogP contribution in [0, 0.1) is 18.6 Å². The monoisotopic (exact) mass is 393 g/mol. The lowest BCUT2D eigenvalue weighted by Crippen LogP contribution is -2.29. The second-order valence-electron chi connectivity index (χ2n) is 5.79. The van der Waals surface area contributed by atoms with E-state index in [4.69, 9.17) is 16.7 Å². The van der Waals surface area contributed by atoms with E-state index in [9.17, 15) is 18.4 Å². The van der Waals surface area contributed by atoms with Crippen molar-refractivity contribution in [2.24, 2.45) is 0 Å². The summed E-state index contributed by atoms with van der Waals surface area (Å²) in [6, 6.07) is 6.94. The minimum atomic E-state index is -1.23. The van der Waals surface area contributed by atoms with Gasteiger partial charge < -0.3 is 10.4 Å². The smallest absolute Gasteiger partial charge is 0.404 e. The SMILES string of the molecule is Cc1c(-n2c(CCNC(=O)O)nc3cccc(Cl)c3c2=O)ccc(F)c1F. The first-order valence-corrected chi connectivity index (χ1v) is 8.31. The summed E-state index contributed by atoms with van der Waals surface area (Å²) >= 11 is 6.14. The Morgan fingerprint density at radius 3 is 2.74 bits per heavy atom. The Morgan fingerprint density at radius 2 is 2.04 bits per heavy atom. The number of hydrogen-bond acceptors (Lipinski definition) is 3. The van der Waals surface area contributed by atoms with Crippen molar-refractivity contribution in [3.05, 3.63) is 68.7 Å². The zero-order valence-electron chi connectivity index (χ0n) is 14.1. The number of nitrogens with zero attached hydrogens (tertiary/aromatic N) is 2. The fourth-order valence-corrected chi connectivity index (χ4v) is 3.07. The lowest BCUT2D eigenvalue weighted by Gasteiger charge is -2.16. The molecule has 140 valence electrons. The number of halogens is 3. The fraction of sp³-hybridized carbons (Fsp3) is 0.167. The van der Waals surface area contributed by atoms with Crippen molar-refractivity contribution >= 4 is 28.6 Å². The van der Waals surface area contributed by atoms with Crippen LogP contribution in [0.15, 0.2) is 35.1 Å². The molecule has 0 saturated heterocycles. The molecule has 0 aliphatic rings. The van der Waals surface area contributed by atoms with Gasteiger partial charge in [0.2, 0.25) is 0 Å². The van der Waals surface area contributed by atoms with Crippen molar-refractivity contribution in [2.45, 2.75) is 13.3 Å². The van der Waals surface area contributed by atoms with Gasteiger partial charge in [-0.3, -0.25) is 9.36 Å². The second kappa shape index (κ2) is 7.32. The van der Waals surface area contributed by atoms with E-state index in [-0.39, 0.29) is 40.4 Å². The van der Waals surface area contributed by atoms with Crippen LogP contribution in [0.4, 0.5) is 13.6 Å². The van der Waals surface area contributed by atoms with E-state index < -0.39 is 23.3 Å². The predicted octanol–water partition coefficient (Wildman–Crippen LogP) is 3.44. The molecule has 1 amide bonds. The van der Waals surface area contributed by atoms with Crippen molar-refractivity contribution in [1.29, 1.82) is 0 Å². The summed E-state index contributed by atoms with van der Waals surface area (Å²) in [4.78, 5) is 28.2. The summed E-state index contributed by atoms with van der Waals surface area (Å²) in [5.74, 6) is -1.92. The Morgan fingerprint density at radius 1 is 1.30 bits per heavy atom. The number of hydrogen-bond donors (Lipinski definition) is 2. The van der Waals surface area contributed by atoms with E-state index in [1.807, 2.05) is 0 Å². The summed E-state index contributed by atoms with van der Waals surface area (Å²) in [6.07, 6.45) is -1.17. The average Bonchev–Trinajstić information content (AvgIpc) is 2.61. The topological polar surface area (TPSA) is 84.2 Å². The van der Waals surface area contributed by atoms with E-state index in [0.29, 0.717) is 5.52 Å². The average molecular weight is 394 g/mol. The Bertz CT molecular complexity index is 1120. The van der Waals surface area contributed by atoms with Crippen LogP contribution in [-0.4, -0.2) is 27.3 Å². The molecule has 1 aromatic heterocycles. The first-order chi connectivity index (χ1) is 12.8. The minimum absolute atomic E-state index is 0.0173. The maximum atomic E-state index is 14.1. The molecule has 0 bridgehead atoms. The van der Waals surface area contributed by atoms with E-state index in [0.717, 1.165) is 10.6 Å². The molecule has 2 aromatic carbocycles. The summed E-state index contributed by atoms with van der Waals surface area (Å²) in [5.41, 5.74) is -0.185. The van der Waals surface area contributed by atoms with Crippen LogP contribution in [0.2, 0.25) is 5.02 Å². The zero-order valence-corrected chi connectivity index (χ0v) is 14.8. The van der Waals surface area contributed by atoms with Gasteiger partial charge in [-0.2, -0.15) is 0 Å². The van der Waals surface area contributed by atoms with Gasteiger partial charge in [-0.25, -0.2) is 18.6 Å². The minimum Gasteiger partial charge on any atom is -0.465 e. The Balaban J connectivity index is 2.29. The van der Waals surface area contributed by atoms with Crippen molar-refractivity contribution in [1.82, 2.24) is 14.9 Å². The van der Waals surface area contributed by atoms with Crippen LogP contribution in [0.5, 0.6) is 0 Å². The Labute approximate surface area is 157 Å². The third-order valence-electron chi connectivity index (χ3n) is 4.09. The predicted molar refractivity (Wildman–Crippen MR) is 96.7 cm³/mol. The molecule has 3 rings (SSSR count). The second-order valence-corrected chi connectivity index (χ2v) is 6.20. The molecule has 0 fully saturated rings. The van der Waals surface area contributed by atoms with Gasteiger partial charge in [0, 0.05) is 18.5 Å². The highest BCUT2D eigenvalue weighted by Gasteiger charge is 2.19. The molecule has 3 aromatic rings. The van der Waals surface area contributed by atoms with Gasteiger partial charge in [0.25, 0.3) is 5.56 Å². The third-order valence-corrected chi connectivity index (χ3v) is 4.41. The molecule has 0 saturated carbocycles. The summed E-state index contributed by atoms with van der Waals surface area (Å²) in [5, 5.41) is 11.2. The number of aromatic nitrogens is 2. The van der Waals surface area contributed by atoms with Gasteiger partial charge in [0.1, 0.15) is 5.82 Å². The van der Waals surface area contributed by atoms with E-state index in [1.54, 1.807) is 12.1 Å². The number of amides is 1. The van der Waals surface area contributed by atoms with Gasteiger partial charge in [-0.1, -0.05) is 17.7 Å². The summed E-state index contributed by atoms with van der Waals surface area (Å²) in [6.45, 7) is 1.33. The van der Waals surface area contributed by atoms with Gasteiger partial charge in [-0.15, -0.1) is 0 Å². The number of nitrogens with one attached hydrogen (secondary N) is 1. The normalized spacial score (nSPS) is 11.0. The van der Waals surface area contributed by atoms with Gasteiger partial charge >= 0.3 is 6.09 Å². The summed E-state index contributed by atoms with van der Waals surface area (Å²) < 4.78 is 28.7. The van der Waals surface area contributed by atoms with Crippen molar-refractivity contribution in [3.63, 3.8) is 0 Å². The molecule has 0 unspecified atom stereocenters. The standard InChI is InChI=1S/C18H14ClF2N3O3/c1-9-13(6-5-11(20)16(9)21)24-14(7-8-22-18(26)27)23-12-4-2-3-10(19)15(12)17(24)25/h2-6,22H,7-8H2,1H3,(H,26,27). The number of carboxylic acid groups (broad SMARTS) is 1.